The lowest BCUT2D eigenvalue weighted by Gasteiger charge is -2.49. The molecule has 1 nitrogen and oxygen atoms in total. The van der Waals surface area contributed by atoms with E-state index in [1.165, 1.54) is 0 Å². The van der Waals surface area contributed by atoms with E-state index in [0.717, 1.165) is 18.4 Å². The lowest BCUT2D eigenvalue weighted by Crippen LogP contribution is -2.48. The largest absolute Gasteiger partial charge is 0.385 e. The fraction of sp³-hybridized carbons (Fsp3) is 0.385. The Kier molecular flexibility index (Phi) is 1.59. The van der Waals surface area contributed by atoms with Crippen LogP contribution in [0.2, 0.25) is 0 Å². The molecule has 0 saturated heterocycles. The third-order valence-corrected chi connectivity index (χ3v) is 3.72. The van der Waals surface area contributed by atoms with Crippen LogP contribution in [0.1, 0.15) is 18.4 Å². The van der Waals surface area contributed by atoms with Crippen LogP contribution >= 0.6 is 0 Å². The van der Waals surface area contributed by atoms with Crippen molar-refractivity contribution in [2.24, 2.45) is 11.8 Å². The molecule has 1 fully saturated rings. The number of allylic oxidation sites excluding steroid dienone is 2. The Balaban J connectivity index is 1.93. The van der Waals surface area contributed by atoms with Crippen LogP contribution in [0, 0.1) is 11.8 Å². The van der Waals surface area contributed by atoms with Crippen molar-refractivity contribution in [3.63, 3.8) is 0 Å². The summed E-state index contributed by atoms with van der Waals surface area (Å²) in [6.45, 7) is 0. The molecule has 0 spiro atoms. The second-order valence-corrected chi connectivity index (χ2v) is 4.43. The summed E-state index contributed by atoms with van der Waals surface area (Å²) in [6, 6.07) is 10.1. The summed E-state index contributed by atoms with van der Waals surface area (Å²) in [7, 11) is 0. The molecule has 2 aliphatic carbocycles. The van der Waals surface area contributed by atoms with Gasteiger partial charge >= 0.3 is 0 Å². The molecular formula is C13H14O. The maximum absolute atomic E-state index is 10.5. The lowest BCUT2D eigenvalue weighted by molar-refractivity contribution is -0.124. The molecule has 2 aliphatic rings. The summed E-state index contributed by atoms with van der Waals surface area (Å²) >= 11 is 0. The second-order valence-electron chi connectivity index (χ2n) is 4.43. The zero-order valence-corrected chi connectivity index (χ0v) is 8.06. The molecule has 3 unspecified atom stereocenters. The molecule has 3 rings (SSSR count). The molecule has 0 bridgehead atoms. The highest BCUT2D eigenvalue weighted by molar-refractivity contribution is 5.30. The van der Waals surface area contributed by atoms with Gasteiger partial charge in [-0.2, -0.15) is 0 Å². The first-order valence-electron chi connectivity index (χ1n) is 5.25. The highest BCUT2D eigenvalue weighted by atomic mass is 16.3. The van der Waals surface area contributed by atoms with Crippen LogP contribution < -0.4 is 0 Å². The molecule has 1 aromatic carbocycles. The molecule has 3 atom stereocenters. The minimum atomic E-state index is -0.546. The highest BCUT2D eigenvalue weighted by Gasteiger charge is 2.53. The predicted molar refractivity (Wildman–Crippen MR) is 55.7 cm³/mol. The Morgan fingerprint density at radius 3 is 2.71 bits per heavy atom. The van der Waals surface area contributed by atoms with Crippen LogP contribution in [0.5, 0.6) is 0 Å². The summed E-state index contributed by atoms with van der Waals surface area (Å²) < 4.78 is 0. The summed E-state index contributed by atoms with van der Waals surface area (Å²) in [5, 5.41) is 10.5. The minimum absolute atomic E-state index is 0.435. The van der Waals surface area contributed by atoms with E-state index < -0.39 is 5.60 Å². The summed E-state index contributed by atoms with van der Waals surface area (Å²) in [4.78, 5) is 0. The van der Waals surface area contributed by atoms with E-state index in [1.54, 1.807) is 0 Å². The molecule has 1 aromatic rings. The average molecular weight is 186 g/mol. The van der Waals surface area contributed by atoms with Gasteiger partial charge in [0.15, 0.2) is 0 Å². The van der Waals surface area contributed by atoms with E-state index in [-0.39, 0.29) is 0 Å². The number of aliphatic hydroxyl groups is 1. The van der Waals surface area contributed by atoms with Gasteiger partial charge in [0.2, 0.25) is 0 Å². The zero-order valence-electron chi connectivity index (χ0n) is 8.06. The van der Waals surface area contributed by atoms with Crippen molar-refractivity contribution in [1.29, 1.82) is 0 Å². The summed E-state index contributed by atoms with van der Waals surface area (Å²) in [6.07, 6.45) is 6.40. The van der Waals surface area contributed by atoms with Crippen LogP contribution in [0.15, 0.2) is 42.5 Å². The number of hydrogen-bond donors (Lipinski definition) is 1. The first-order valence-corrected chi connectivity index (χ1v) is 5.25. The highest BCUT2D eigenvalue weighted by Crippen LogP contribution is 2.55. The first-order chi connectivity index (χ1) is 6.81. The van der Waals surface area contributed by atoms with E-state index in [4.69, 9.17) is 0 Å². The van der Waals surface area contributed by atoms with Gasteiger partial charge in [-0.05, 0) is 24.3 Å². The Hall–Kier alpha value is -1.08. The van der Waals surface area contributed by atoms with E-state index in [2.05, 4.69) is 12.2 Å². The van der Waals surface area contributed by atoms with Crippen molar-refractivity contribution in [3.05, 3.63) is 48.0 Å². The van der Waals surface area contributed by atoms with Gasteiger partial charge in [0, 0.05) is 5.92 Å². The first kappa shape index (κ1) is 8.25. The molecule has 0 aliphatic heterocycles. The van der Waals surface area contributed by atoms with E-state index >= 15 is 0 Å². The fourth-order valence-corrected chi connectivity index (χ4v) is 2.88. The monoisotopic (exact) mass is 186 g/mol. The summed E-state index contributed by atoms with van der Waals surface area (Å²) in [5.41, 5.74) is 0.542. The SMILES string of the molecule is OC1(c2ccccc2)CC2C=CCC21. The number of benzene rings is 1. The second kappa shape index (κ2) is 2.71. The van der Waals surface area contributed by atoms with Gasteiger partial charge in [-0.3, -0.25) is 0 Å². The molecule has 0 heterocycles. The van der Waals surface area contributed by atoms with Gasteiger partial charge in [-0.15, -0.1) is 0 Å². The predicted octanol–water partition coefficient (Wildman–Crippen LogP) is 2.47. The van der Waals surface area contributed by atoms with Crippen molar-refractivity contribution in [1.82, 2.24) is 0 Å². The van der Waals surface area contributed by atoms with Gasteiger partial charge in [-0.25, -0.2) is 0 Å². The maximum Gasteiger partial charge on any atom is 0.0938 e. The third kappa shape index (κ3) is 0.934. The normalized spacial score (nSPS) is 39.2. The van der Waals surface area contributed by atoms with Crippen LogP contribution in [0.4, 0.5) is 0 Å². The van der Waals surface area contributed by atoms with Crippen molar-refractivity contribution < 1.29 is 5.11 Å². The quantitative estimate of drug-likeness (QED) is 0.668. The lowest BCUT2D eigenvalue weighted by atomic mass is 9.60. The van der Waals surface area contributed by atoms with Gasteiger partial charge in [0.1, 0.15) is 0 Å². The molecule has 0 aromatic heterocycles. The van der Waals surface area contributed by atoms with Gasteiger partial charge in [-0.1, -0.05) is 42.5 Å². The molecule has 0 radical (unpaired) electrons. The molecule has 1 saturated carbocycles. The zero-order chi connectivity index (χ0) is 9.60. The van der Waals surface area contributed by atoms with Crippen molar-refractivity contribution in [3.8, 4) is 0 Å². The Morgan fingerprint density at radius 2 is 2.00 bits per heavy atom. The summed E-state index contributed by atoms with van der Waals surface area (Å²) in [5.74, 6) is 1.06. The number of hydrogen-bond acceptors (Lipinski definition) is 1. The molecule has 72 valence electrons. The molecular weight excluding hydrogens is 172 g/mol. The minimum Gasteiger partial charge on any atom is -0.385 e. The maximum atomic E-state index is 10.5. The van der Waals surface area contributed by atoms with E-state index in [9.17, 15) is 5.11 Å². The average Bonchev–Trinajstić information content (AvgIpc) is 2.61. The number of rotatable bonds is 1. The van der Waals surface area contributed by atoms with Crippen LogP contribution in [0.3, 0.4) is 0 Å². The fourth-order valence-electron chi connectivity index (χ4n) is 2.88. The van der Waals surface area contributed by atoms with Gasteiger partial charge in [0.25, 0.3) is 0 Å². The van der Waals surface area contributed by atoms with Gasteiger partial charge < -0.3 is 5.11 Å². The van der Waals surface area contributed by atoms with Crippen molar-refractivity contribution in [2.75, 3.05) is 0 Å². The smallest absolute Gasteiger partial charge is 0.0938 e. The number of fused-ring (bicyclic) bond motifs is 1. The molecule has 1 N–H and O–H groups in total. The molecule has 14 heavy (non-hydrogen) atoms. The standard InChI is InChI=1S/C13H14O/c14-13(11-6-2-1-3-7-11)9-10-5-4-8-12(10)13/h1-7,10,12,14H,8-9H2. The van der Waals surface area contributed by atoms with Crippen LogP contribution in [0.25, 0.3) is 0 Å². The van der Waals surface area contributed by atoms with Crippen molar-refractivity contribution >= 4 is 0 Å². The van der Waals surface area contributed by atoms with Crippen LogP contribution in [-0.2, 0) is 5.60 Å². The Bertz CT molecular complexity index is 368. The topological polar surface area (TPSA) is 20.2 Å². The molecule has 0 amide bonds. The Morgan fingerprint density at radius 1 is 1.21 bits per heavy atom. The third-order valence-electron chi connectivity index (χ3n) is 3.72. The molecule has 1 heteroatoms. The van der Waals surface area contributed by atoms with Crippen molar-refractivity contribution in [2.45, 2.75) is 18.4 Å². The van der Waals surface area contributed by atoms with E-state index in [1.807, 2.05) is 30.3 Å². The Labute approximate surface area is 84.1 Å². The van der Waals surface area contributed by atoms with Crippen LogP contribution in [-0.4, -0.2) is 5.11 Å². The van der Waals surface area contributed by atoms with Gasteiger partial charge in [0.05, 0.1) is 5.60 Å². The van der Waals surface area contributed by atoms with E-state index in [0.29, 0.717) is 11.8 Å².